The lowest BCUT2D eigenvalue weighted by Gasteiger charge is -2.23. The van der Waals surface area contributed by atoms with Crippen molar-refractivity contribution in [2.24, 2.45) is 0 Å². The number of aromatic nitrogens is 1. The Kier molecular flexibility index (Phi) is 5.02. The summed E-state index contributed by atoms with van der Waals surface area (Å²) in [6.07, 6.45) is 2.12. The van der Waals surface area contributed by atoms with Crippen molar-refractivity contribution in [2.45, 2.75) is 49.3 Å². The molecule has 1 aromatic heterocycles. The zero-order valence-corrected chi connectivity index (χ0v) is 15.6. The Labute approximate surface area is 157 Å². The van der Waals surface area contributed by atoms with Crippen LogP contribution >= 0.6 is 0 Å². The number of halogens is 1. The minimum absolute atomic E-state index is 0.0788. The van der Waals surface area contributed by atoms with E-state index in [-0.39, 0.29) is 17.0 Å². The highest BCUT2D eigenvalue weighted by Crippen LogP contribution is 2.27. The predicted octanol–water partition coefficient (Wildman–Crippen LogP) is 1.22. The zero-order chi connectivity index (χ0) is 19.0. The van der Waals surface area contributed by atoms with Gasteiger partial charge in [-0.05, 0) is 37.5 Å². The summed E-state index contributed by atoms with van der Waals surface area (Å²) in [5, 5.41) is 13.8. The maximum absolute atomic E-state index is 13.4. The maximum atomic E-state index is 13.4. The standard InChI is InChI=1S/C18H22FN3O4S/c19-12-2-1-3-15(8-12)27(24,25)21-13-4-5-18-16(9-13)17(20-26-18)11-22-7-6-14(23)10-22/h1-3,8,13-14,21,23H,4-7,9-11H2/t13?,14-/m1/s1. The average Bonchev–Trinajstić information content (AvgIpc) is 3.21. The van der Waals surface area contributed by atoms with Gasteiger partial charge in [0.2, 0.25) is 10.0 Å². The average molecular weight is 395 g/mol. The number of aryl methyl sites for hydroxylation is 1. The Bertz CT molecular complexity index is 930. The van der Waals surface area contributed by atoms with E-state index in [1.807, 2.05) is 0 Å². The van der Waals surface area contributed by atoms with E-state index in [4.69, 9.17) is 4.52 Å². The van der Waals surface area contributed by atoms with E-state index in [1.165, 1.54) is 18.2 Å². The molecule has 1 aliphatic carbocycles. The first-order valence-corrected chi connectivity index (χ1v) is 10.5. The van der Waals surface area contributed by atoms with Gasteiger partial charge in [-0.3, -0.25) is 4.90 Å². The normalized spacial score (nSPS) is 23.5. The number of aliphatic hydroxyl groups excluding tert-OH is 1. The van der Waals surface area contributed by atoms with E-state index >= 15 is 0 Å². The number of nitrogens with zero attached hydrogens (tertiary/aromatic N) is 2. The topological polar surface area (TPSA) is 95.7 Å². The molecule has 0 spiro atoms. The summed E-state index contributed by atoms with van der Waals surface area (Å²) in [6.45, 7) is 1.99. The summed E-state index contributed by atoms with van der Waals surface area (Å²) in [4.78, 5) is 2.04. The van der Waals surface area contributed by atoms with Gasteiger partial charge in [-0.25, -0.2) is 17.5 Å². The molecule has 2 atom stereocenters. The van der Waals surface area contributed by atoms with Crippen molar-refractivity contribution in [3.05, 3.63) is 47.1 Å². The number of likely N-dealkylation sites (tertiary alicyclic amines) is 1. The van der Waals surface area contributed by atoms with Crippen LogP contribution < -0.4 is 4.72 Å². The van der Waals surface area contributed by atoms with E-state index in [9.17, 15) is 17.9 Å². The SMILES string of the molecule is O=S(=O)(NC1CCc2onc(CN3CC[C@@H](O)C3)c2C1)c1cccc(F)c1. The predicted molar refractivity (Wildman–Crippen MR) is 94.9 cm³/mol. The number of sulfonamides is 1. The molecule has 27 heavy (non-hydrogen) atoms. The van der Waals surface area contributed by atoms with Gasteiger partial charge in [0.15, 0.2) is 0 Å². The van der Waals surface area contributed by atoms with E-state index in [0.29, 0.717) is 32.4 Å². The molecule has 2 heterocycles. The highest BCUT2D eigenvalue weighted by atomic mass is 32.2. The molecule has 0 amide bonds. The van der Waals surface area contributed by atoms with Crippen LogP contribution in [0.1, 0.15) is 29.9 Å². The van der Waals surface area contributed by atoms with Crippen LogP contribution in [0.15, 0.2) is 33.7 Å². The Hall–Kier alpha value is -1.81. The molecule has 4 rings (SSSR count). The second-order valence-electron chi connectivity index (χ2n) is 7.23. The van der Waals surface area contributed by atoms with Gasteiger partial charge in [0.25, 0.3) is 0 Å². The Morgan fingerprint density at radius 1 is 1.37 bits per heavy atom. The van der Waals surface area contributed by atoms with Crippen LogP contribution in [0.3, 0.4) is 0 Å². The van der Waals surface area contributed by atoms with Crippen LogP contribution in [0.5, 0.6) is 0 Å². The lowest BCUT2D eigenvalue weighted by atomic mass is 9.92. The molecule has 0 saturated carbocycles. The molecule has 2 aromatic rings. The Balaban J connectivity index is 1.47. The van der Waals surface area contributed by atoms with Gasteiger partial charge in [-0.1, -0.05) is 11.2 Å². The maximum Gasteiger partial charge on any atom is 0.240 e. The molecule has 1 saturated heterocycles. The van der Waals surface area contributed by atoms with Crippen molar-refractivity contribution in [1.82, 2.24) is 14.8 Å². The van der Waals surface area contributed by atoms with Gasteiger partial charge >= 0.3 is 0 Å². The number of nitrogens with one attached hydrogen (secondary N) is 1. The summed E-state index contributed by atoms with van der Waals surface area (Å²) < 4.78 is 46.6. The molecule has 146 valence electrons. The lowest BCUT2D eigenvalue weighted by molar-refractivity contribution is 0.173. The third-order valence-corrected chi connectivity index (χ3v) is 6.69. The van der Waals surface area contributed by atoms with Gasteiger partial charge in [0.05, 0.1) is 11.0 Å². The molecule has 1 aliphatic heterocycles. The van der Waals surface area contributed by atoms with Gasteiger partial charge in [-0.15, -0.1) is 0 Å². The molecule has 1 unspecified atom stereocenters. The molecule has 1 aromatic carbocycles. The van der Waals surface area contributed by atoms with Gasteiger partial charge in [0.1, 0.15) is 17.3 Å². The van der Waals surface area contributed by atoms with Crippen molar-refractivity contribution in [3.63, 3.8) is 0 Å². The molecule has 0 radical (unpaired) electrons. The number of hydrogen-bond acceptors (Lipinski definition) is 6. The number of benzene rings is 1. The third-order valence-electron chi connectivity index (χ3n) is 5.17. The van der Waals surface area contributed by atoms with Crippen LogP contribution in [-0.2, 0) is 29.4 Å². The van der Waals surface area contributed by atoms with Crippen molar-refractivity contribution in [3.8, 4) is 0 Å². The van der Waals surface area contributed by atoms with E-state index in [2.05, 4.69) is 14.8 Å². The fourth-order valence-electron chi connectivity index (χ4n) is 3.78. The molecule has 0 bridgehead atoms. The number of rotatable bonds is 5. The summed E-state index contributed by atoms with van der Waals surface area (Å²) >= 11 is 0. The van der Waals surface area contributed by atoms with Crippen molar-refractivity contribution in [1.29, 1.82) is 0 Å². The summed E-state index contributed by atoms with van der Waals surface area (Å²) in [6, 6.07) is 4.69. The van der Waals surface area contributed by atoms with Crippen LogP contribution in [0, 0.1) is 5.82 Å². The molecular formula is C18H22FN3O4S. The largest absolute Gasteiger partial charge is 0.392 e. The minimum atomic E-state index is -3.80. The van der Waals surface area contributed by atoms with Crippen LogP contribution in [0.25, 0.3) is 0 Å². The lowest BCUT2D eigenvalue weighted by Crippen LogP contribution is -2.39. The molecule has 9 heteroatoms. The summed E-state index contributed by atoms with van der Waals surface area (Å²) in [5.74, 6) is 0.212. The Morgan fingerprint density at radius 3 is 2.96 bits per heavy atom. The number of fused-ring (bicyclic) bond motifs is 1. The number of hydrogen-bond donors (Lipinski definition) is 2. The molecule has 7 nitrogen and oxygen atoms in total. The van der Waals surface area contributed by atoms with E-state index in [1.54, 1.807) is 0 Å². The summed E-state index contributed by atoms with van der Waals surface area (Å²) in [7, 11) is -3.80. The van der Waals surface area contributed by atoms with Crippen molar-refractivity contribution >= 4 is 10.0 Å². The Morgan fingerprint density at radius 2 is 2.22 bits per heavy atom. The summed E-state index contributed by atoms with van der Waals surface area (Å²) in [5.41, 5.74) is 1.74. The van der Waals surface area contributed by atoms with Crippen LogP contribution in [0.2, 0.25) is 0 Å². The fourth-order valence-corrected chi connectivity index (χ4v) is 5.08. The fraction of sp³-hybridized carbons (Fsp3) is 0.500. The monoisotopic (exact) mass is 395 g/mol. The number of β-amino-alcohol motifs (C(OH)–C–C–N with tert-alkyl or cyclic N) is 1. The van der Waals surface area contributed by atoms with E-state index in [0.717, 1.165) is 36.0 Å². The highest BCUT2D eigenvalue weighted by molar-refractivity contribution is 7.89. The quantitative estimate of drug-likeness (QED) is 0.790. The molecular weight excluding hydrogens is 373 g/mol. The first-order valence-electron chi connectivity index (χ1n) is 9.05. The second kappa shape index (κ2) is 7.31. The molecule has 2 N–H and O–H groups in total. The van der Waals surface area contributed by atoms with Crippen molar-refractivity contribution in [2.75, 3.05) is 13.1 Å². The molecule has 1 fully saturated rings. The van der Waals surface area contributed by atoms with Crippen molar-refractivity contribution < 1.29 is 22.4 Å². The van der Waals surface area contributed by atoms with Gasteiger partial charge in [0, 0.05) is 37.7 Å². The minimum Gasteiger partial charge on any atom is -0.392 e. The second-order valence-corrected chi connectivity index (χ2v) is 8.94. The smallest absolute Gasteiger partial charge is 0.240 e. The third kappa shape index (κ3) is 4.06. The highest BCUT2D eigenvalue weighted by Gasteiger charge is 2.30. The van der Waals surface area contributed by atoms with Crippen LogP contribution in [-0.4, -0.2) is 48.8 Å². The molecule has 2 aliphatic rings. The van der Waals surface area contributed by atoms with Gasteiger partial charge < -0.3 is 9.63 Å². The first kappa shape index (κ1) is 18.5. The van der Waals surface area contributed by atoms with Crippen LogP contribution in [0.4, 0.5) is 4.39 Å². The van der Waals surface area contributed by atoms with E-state index < -0.39 is 15.8 Å². The van der Waals surface area contributed by atoms with Gasteiger partial charge in [-0.2, -0.15) is 0 Å². The number of aliphatic hydroxyl groups is 1. The zero-order valence-electron chi connectivity index (χ0n) is 14.8. The first-order chi connectivity index (χ1) is 12.9.